The normalized spacial score (nSPS) is 14.5. The van der Waals surface area contributed by atoms with Crippen LogP contribution in [-0.2, 0) is 22.7 Å². The molecule has 5 rings (SSSR count). The minimum absolute atomic E-state index is 0.0432. The summed E-state index contributed by atoms with van der Waals surface area (Å²) in [5.74, 6) is 0.529. The van der Waals surface area contributed by atoms with E-state index >= 15 is 0 Å². The van der Waals surface area contributed by atoms with Crippen LogP contribution >= 0.6 is 0 Å². The summed E-state index contributed by atoms with van der Waals surface area (Å²) in [6.45, 7) is 1.57. The standard InChI is InChI=1S/C26H27FN6O4/c1-17-8-13-22(37-17)25-29-31-33(30-25)16-23(34)32(15-18-9-11-19(27)12-10-18)24(21-7-4-14-36-21)26(35)28-20-5-2-3-6-20/h4,7-14,20,24H,2-3,5-6,15-16H2,1H3,(H,28,35)/t24-/m1/s1. The Morgan fingerprint density at radius 1 is 1.16 bits per heavy atom. The van der Waals surface area contributed by atoms with Gasteiger partial charge in [-0.2, -0.15) is 4.80 Å². The second-order valence-electron chi connectivity index (χ2n) is 9.11. The van der Waals surface area contributed by atoms with Gasteiger partial charge < -0.3 is 19.1 Å². The number of nitrogens with zero attached hydrogens (tertiary/aromatic N) is 5. The molecular weight excluding hydrogens is 479 g/mol. The number of aryl methyl sites for hydroxylation is 1. The Balaban J connectivity index is 1.43. The second-order valence-corrected chi connectivity index (χ2v) is 9.11. The molecule has 1 atom stereocenters. The van der Waals surface area contributed by atoms with Crippen LogP contribution in [-0.4, -0.2) is 43.0 Å². The summed E-state index contributed by atoms with van der Waals surface area (Å²) in [6.07, 6.45) is 5.33. The second kappa shape index (κ2) is 10.8. The summed E-state index contributed by atoms with van der Waals surface area (Å²) < 4.78 is 24.7. The van der Waals surface area contributed by atoms with Crippen molar-refractivity contribution < 1.29 is 22.8 Å². The number of rotatable bonds is 9. The predicted octanol–water partition coefficient (Wildman–Crippen LogP) is 3.80. The fourth-order valence-electron chi connectivity index (χ4n) is 4.51. The number of nitrogens with one attached hydrogen (secondary N) is 1. The number of tetrazole rings is 1. The number of benzene rings is 1. The monoisotopic (exact) mass is 506 g/mol. The lowest BCUT2D eigenvalue weighted by molar-refractivity contribution is -0.143. The van der Waals surface area contributed by atoms with Gasteiger partial charge in [-0.1, -0.05) is 25.0 Å². The Labute approximate surface area is 212 Å². The number of hydrogen-bond donors (Lipinski definition) is 1. The zero-order chi connectivity index (χ0) is 25.8. The first-order chi connectivity index (χ1) is 18.0. The highest BCUT2D eigenvalue weighted by Crippen LogP contribution is 2.27. The van der Waals surface area contributed by atoms with E-state index in [1.54, 1.807) is 43.3 Å². The van der Waals surface area contributed by atoms with Gasteiger partial charge in [0.2, 0.25) is 11.7 Å². The molecule has 2 amide bonds. The van der Waals surface area contributed by atoms with Gasteiger partial charge in [0.25, 0.3) is 5.91 Å². The van der Waals surface area contributed by atoms with Crippen molar-refractivity contribution in [3.05, 3.63) is 77.7 Å². The smallest absolute Gasteiger partial charge is 0.250 e. The maximum absolute atomic E-state index is 13.7. The average molecular weight is 507 g/mol. The Bertz CT molecular complexity index is 1340. The van der Waals surface area contributed by atoms with Gasteiger partial charge in [-0.05, 0) is 66.9 Å². The summed E-state index contributed by atoms with van der Waals surface area (Å²) in [4.78, 5) is 29.8. The van der Waals surface area contributed by atoms with E-state index in [1.165, 1.54) is 23.3 Å². The third kappa shape index (κ3) is 5.76. The van der Waals surface area contributed by atoms with Gasteiger partial charge >= 0.3 is 0 Å². The molecule has 3 aromatic heterocycles. The van der Waals surface area contributed by atoms with Gasteiger partial charge in [0.05, 0.1) is 6.26 Å². The molecule has 0 spiro atoms. The first kappa shape index (κ1) is 24.4. The van der Waals surface area contributed by atoms with E-state index in [2.05, 4.69) is 20.7 Å². The zero-order valence-corrected chi connectivity index (χ0v) is 20.3. The molecule has 3 heterocycles. The van der Waals surface area contributed by atoms with Crippen molar-refractivity contribution in [2.45, 2.75) is 57.8 Å². The molecule has 0 saturated heterocycles. The number of furan rings is 2. The predicted molar refractivity (Wildman–Crippen MR) is 129 cm³/mol. The molecule has 4 aromatic rings. The minimum Gasteiger partial charge on any atom is -0.467 e. The van der Waals surface area contributed by atoms with Crippen molar-refractivity contribution in [1.82, 2.24) is 30.4 Å². The van der Waals surface area contributed by atoms with Gasteiger partial charge in [-0.3, -0.25) is 9.59 Å². The molecule has 1 saturated carbocycles. The number of aromatic nitrogens is 4. The Morgan fingerprint density at radius 3 is 2.62 bits per heavy atom. The van der Waals surface area contributed by atoms with Gasteiger partial charge in [0.1, 0.15) is 23.9 Å². The van der Waals surface area contributed by atoms with E-state index in [4.69, 9.17) is 8.83 Å². The van der Waals surface area contributed by atoms with Gasteiger partial charge in [0, 0.05) is 12.6 Å². The van der Waals surface area contributed by atoms with Crippen molar-refractivity contribution in [3.8, 4) is 11.6 Å². The number of amides is 2. The van der Waals surface area contributed by atoms with Crippen LogP contribution in [0.25, 0.3) is 11.6 Å². The van der Waals surface area contributed by atoms with E-state index in [1.807, 2.05) is 0 Å². The van der Waals surface area contributed by atoms with Crippen molar-refractivity contribution >= 4 is 11.8 Å². The molecular formula is C26H27FN6O4. The molecule has 11 heteroatoms. The van der Waals surface area contributed by atoms with Crippen molar-refractivity contribution in [3.63, 3.8) is 0 Å². The maximum Gasteiger partial charge on any atom is 0.250 e. The summed E-state index contributed by atoms with van der Waals surface area (Å²) >= 11 is 0. The quantitative estimate of drug-likeness (QED) is 0.367. The molecule has 192 valence electrons. The fraction of sp³-hybridized carbons (Fsp3) is 0.346. The van der Waals surface area contributed by atoms with Crippen LogP contribution < -0.4 is 5.32 Å². The third-order valence-electron chi connectivity index (χ3n) is 6.35. The lowest BCUT2D eigenvalue weighted by Gasteiger charge is -2.30. The molecule has 1 aromatic carbocycles. The number of carbonyl (C=O) groups excluding carboxylic acids is 2. The van der Waals surface area contributed by atoms with E-state index in [9.17, 15) is 14.0 Å². The van der Waals surface area contributed by atoms with Crippen LogP contribution in [0.1, 0.15) is 48.8 Å². The molecule has 0 unspecified atom stereocenters. The van der Waals surface area contributed by atoms with Crippen molar-refractivity contribution in [2.75, 3.05) is 0 Å². The molecule has 0 aliphatic heterocycles. The topological polar surface area (TPSA) is 119 Å². The summed E-state index contributed by atoms with van der Waals surface area (Å²) in [5, 5.41) is 15.3. The molecule has 1 aliphatic carbocycles. The van der Waals surface area contributed by atoms with Gasteiger partial charge in [-0.25, -0.2) is 4.39 Å². The fourth-order valence-corrected chi connectivity index (χ4v) is 4.51. The third-order valence-corrected chi connectivity index (χ3v) is 6.35. The highest BCUT2D eigenvalue weighted by molar-refractivity contribution is 5.88. The molecule has 1 aliphatic rings. The first-order valence-electron chi connectivity index (χ1n) is 12.2. The highest BCUT2D eigenvalue weighted by Gasteiger charge is 2.35. The SMILES string of the molecule is Cc1ccc(-c2nnn(CC(=O)N(Cc3ccc(F)cc3)[C@@H](C(=O)NC3CCCC3)c3ccco3)n2)o1. The number of halogens is 1. The maximum atomic E-state index is 13.7. The van der Waals surface area contributed by atoms with E-state index in [-0.39, 0.29) is 30.9 Å². The first-order valence-corrected chi connectivity index (χ1v) is 12.2. The van der Waals surface area contributed by atoms with Crippen molar-refractivity contribution in [1.29, 1.82) is 0 Å². The van der Waals surface area contributed by atoms with E-state index in [0.717, 1.165) is 30.5 Å². The van der Waals surface area contributed by atoms with Gasteiger partial charge in [0.15, 0.2) is 11.8 Å². The highest BCUT2D eigenvalue weighted by atomic mass is 19.1. The van der Waals surface area contributed by atoms with Crippen molar-refractivity contribution in [2.24, 2.45) is 0 Å². The molecule has 10 nitrogen and oxygen atoms in total. The lowest BCUT2D eigenvalue weighted by atomic mass is 10.1. The Hall–Kier alpha value is -4.28. The lowest BCUT2D eigenvalue weighted by Crippen LogP contribution is -2.46. The number of hydrogen-bond acceptors (Lipinski definition) is 7. The van der Waals surface area contributed by atoms with Gasteiger partial charge in [-0.15, -0.1) is 10.2 Å². The van der Waals surface area contributed by atoms with Crippen LogP contribution in [0.5, 0.6) is 0 Å². The molecule has 0 bridgehead atoms. The largest absolute Gasteiger partial charge is 0.467 e. The number of carbonyl (C=O) groups is 2. The summed E-state index contributed by atoms with van der Waals surface area (Å²) in [6, 6.07) is 11.6. The van der Waals surface area contributed by atoms with Crippen LogP contribution in [0.15, 0.2) is 63.6 Å². The molecule has 0 radical (unpaired) electrons. The van der Waals surface area contributed by atoms with Crippen LogP contribution in [0.4, 0.5) is 4.39 Å². The van der Waals surface area contributed by atoms with E-state index in [0.29, 0.717) is 22.8 Å². The summed E-state index contributed by atoms with van der Waals surface area (Å²) in [7, 11) is 0. The Morgan fingerprint density at radius 2 is 1.95 bits per heavy atom. The van der Waals surface area contributed by atoms with Crippen LogP contribution in [0, 0.1) is 12.7 Å². The van der Waals surface area contributed by atoms with E-state index < -0.39 is 17.8 Å². The molecule has 1 N–H and O–H groups in total. The van der Waals surface area contributed by atoms with Crippen LogP contribution in [0.2, 0.25) is 0 Å². The zero-order valence-electron chi connectivity index (χ0n) is 20.3. The summed E-state index contributed by atoms with van der Waals surface area (Å²) in [5.41, 5.74) is 0.651. The minimum atomic E-state index is -1.04. The molecule has 1 fully saturated rings. The Kier molecular flexibility index (Phi) is 7.11. The molecule has 37 heavy (non-hydrogen) atoms. The van der Waals surface area contributed by atoms with Crippen LogP contribution in [0.3, 0.4) is 0 Å². The average Bonchev–Trinajstić information content (AvgIpc) is 3.69.